The Balaban J connectivity index is 1.42. The van der Waals surface area contributed by atoms with E-state index in [-0.39, 0.29) is 18.4 Å². The molecule has 0 atom stereocenters. The number of amides is 2. The van der Waals surface area contributed by atoms with Crippen molar-refractivity contribution in [2.75, 3.05) is 33.4 Å². The molecule has 3 rings (SSSR count). The predicted molar refractivity (Wildman–Crippen MR) is 108 cm³/mol. The summed E-state index contributed by atoms with van der Waals surface area (Å²) in [5.74, 6) is -0.0889. The first-order valence-electron chi connectivity index (χ1n) is 9.55. The van der Waals surface area contributed by atoms with E-state index in [1.807, 2.05) is 25.1 Å². The summed E-state index contributed by atoms with van der Waals surface area (Å²) in [6.45, 7) is 2.49. The van der Waals surface area contributed by atoms with E-state index in [1.54, 1.807) is 31.3 Å². The van der Waals surface area contributed by atoms with Crippen LogP contribution < -0.4 is 14.8 Å². The van der Waals surface area contributed by atoms with Crippen LogP contribution in [0.25, 0.3) is 0 Å². The molecule has 1 heterocycles. The molecule has 0 saturated carbocycles. The summed E-state index contributed by atoms with van der Waals surface area (Å²) in [6.07, 6.45) is 0. The Kier molecular flexibility index (Phi) is 6.90. The molecule has 0 bridgehead atoms. The molecule has 8 heteroatoms. The fourth-order valence-corrected chi connectivity index (χ4v) is 2.89. The Bertz CT molecular complexity index is 943. The molecule has 158 valence electrons. The summed E-state index contributed by atoms with van der Waals surface area (Å²) in [5, 5.41) is 2.48. The number of carbonyl (C=O) groups is 3. The SMILES string of the molecule is Cc1cccc(C(=O)NCC(=O)OCC(=O)N(C)Cc2ccc3c(c2)OCCO3)c1. The summed E-state index contributed by atoms with van der Waals surface area (Å²) in [4.78, 5) is 37.6. The number of hydrogen-bond donors (Lipinski definition) is 1. The van der Waals surface area contributed by atoms with Crippen molar-refractivity contribution in [2.24, 2.45) is 0 Å². The average Bonchev–Trinajstić information content (AvgIpc) is 2.75. The van der Waals surface area contributed by atoms with E-state index >= 15 is 0 Å². The van der Waals surface area contributed by atoms with E-state index < -0.39 is 12.6 Å². The highest BCUT2D eigenvalue weighted by atomic mass is 16.6. The van der Waals surface area contributed by atoms with E-state index in [2.05, 4.69) is 5.32 Å². The summed E-state index contributed by atoms with van der Waals surface area (Å²) >= 11 is 0. The zero-order valence-corrected chi connectivity index (χ0v) is 17.0. The van der Waals surface area contributed by atoms with Gasteiger partial charge in [0.25, 0.3) is 11.8 Å². The number of rotatable bonds is 7. The second-order valence-electron chi connectivity index (χ2n) is 6.94. The number of esters is 1. The van der Waals surface area contributed by atoms with Crippen LogP contribution in [-0.2, 0) is 20.9 Å². The number of ether oxygens (including phenoxy) is 3. The van der Waals surface area contributed by atoms with Gasteiger partial charge in [-0.25, -0.2) is 0 Å². The van der Waals surface area contributed by atoms with E-state index in [1.165, 1.54) is 4.90 Å². The number of nitrogens with zero attached hydrogens (tertiary/aromatic N) is 1. The molecular formula is C22H24N2O6. The molecule has 0 saturated heterocycles. The smallest absolute Gasteiger partial charge is 0.325 e. The molecule has 8 nitrogen and oxygen atoms in total. The van der Waals surface area contributed by atoms with E-state index in [9.17, 15) is 14.4 Å². The maximum absolute atomic E-state index is 12.2. The first kappa shape index (κ1) is 21.2. The minimum absolute atomic E-state index is 0.314. The van der Waals surface area contributed by atoms with Gasteiger partial charge in [0, 0.05) is 19.2 Å². The van der Waals surface area contributed by atoms with Crippen LogP contribution in [0.1, 0.15) is 21.5 Å². The molecule has 1 aliphatic rings. The molecule has 1 aliphatic heterocycles. The molecule has 30 heavy (non-hydrogen) atoms. The minimum atomic E-state index is -0.683. The van der Waals surface area contributed by atoms with Gasteiger partial charge in [-0.3, -0.25) is 14.4 Å². The number of likely N-dealkylation sites (N-methyl/N-ethyl adjacent to an activating group) is 1. The number of nitrogens with one attached hydrogen (secondary N) is 1. The Morgan fingerprint density at radius 1 is 1.07 bits per heavy atom. The normalized spacial score (nSPS) is 12.1. The highest BCUT2D eigenvalue weighted by Gasteiger charge is 2.16. The van der Waals surface area contributed by atoms with Gasteiger partial charge in [0.15, 0.2) is 18.1 Å². The molecule has 0 radical (unpaired) electrons. The molecule has 2 amide bonds. The van der Waals surface area contributed by atoms with Crippen molar-refractivity contribution in [3.05, 3.63) is 59.2 Å². The molecule has 2 aromatic rings. The van der Waals surface area contributed by atoms with Crippen LogP contribution in [-0.4, -0.2) is 56.1 Å². The predicted octanol–water partition coefficient (Wildman–Crippen LogP) is 1.70. The maximum Gasteiger partial charge on any atom is 0.325 e. The fourth-order valence-electron chi connectivity index (χ4n) is 2.89. The summed E-state index contributed by atoms with van der Waals surface area (Å²) in [6, 6.07) is 12.5. The average molecular weight is 412 g/mol. The zero-order chi connectivity index (χ0) is 21.5. The standard InChI is InChI=1S/C22H24N2O6/c1-15-4-3-5-17(10-15)22(27)23-12-21(26)30-14-20(25)24(2)13-16-6-7-18-19(11-16)29-9-8-28-18/h3-7,10-11H,8-9,12-14H2,1-2H3,(H,23,27). The third-order valence-corrected chi connectivity index (χ3v) is 4.48. The second-order valence-corrected chi connectivity index (χ2v) is 6.94. The molecule has 2 aromatic carbocycles. The van der Waals surface area contributed by atoms with Crippen molar-refractivity contribution in [1.82, 2.24) is 10.2 Å². The third-order valence-electron chi connectivity index (χ3n) is 4.48. The molecular weight excluding hydrogens is 388 g/mol. The highest BCUT2D eigenvalue weighted by Crippen LogP contribution is 2.31. The Morgan fingerprint density at radius 3 is 2.60 bits per heavy atom. The minimum Gasteiger partial charge on any atom is -0.486 e. The lowest BCUT2D eigenvalue weighted by molar-refractivity contribution is -0.150. The number of benzene rings is 2. The van der Waals surface area contributed by atoms with Crippen LogP contribution in [0, 0.1) is 6.92 Å². The van der Waals surface area contributed by atoms with Crippen LogP contribution in [0.15, 0.2) is 42.5 Å². The first-order valence-corrected chi connectivity index (χ1v) is 9.55. The Hall–Kier alpha value is -3.55. The van der Waals surface area contributed by atoms with Crippen LogP contribution in [0.3, 0.4) is 0 Å². The lowest BCUT2D eigenvalue weighted by Gasteiger charge is -2.21. The van der Waals surface area contributed by atoms with Gasteiger partial charge in [-0.2, -0.15) is 0 Å². The number of aryl methyl sites for hydroxylation is 1. The Labute approximate surface area is 174 Å². The van der Waals surface area contributed by atoms with Crippen LogP contribution in [0.2, 0.25) is 0 Å². The molecule has 0 fully saturated rings. The van der Waals surface area contributed by atoms with Crippen LogP contribution in [0.4, 0.5) is 0 Å². The highest BCUT2D eigenvalue weighted by molar-refractivity contribution is 5.96. The van der Waals surface area contributed by atoms with Crippen LogP contribution >= 0.6 is 0 Å². The van der Waals surface area contributed by atoms with Gasteiger partial charge in [0.2, 0.25) is 0 Å². The monoisotopic (exact) mass is 412 g/mol. The summed E-state index contributed by atoms with van der Waals surface area (Å²) in [7, 11) is 1.62. The molecule has 0 unspecified atom stereocenters. The van der Waals surface area contributed by atoms with Crippen molar-refractivity contribution in [2.45, 2.75) is 13.5 Å². The van der Waals surface area contributed by atoms with Gasteiger partial charge in [-0.1, -0.05) is 23.8 Å². The third kappa shape index (κ3) is 5.73. The lowest BCUT2D eigenvalue weighted by atomic mass is 10.1. The maximum atomic E-state index is 12.2. The summed E-state index contributed by atoms with van der Waals surface area (Å²) in [5.41, 5.74) is 2.27. The van der Waals surface area contributed by atoms with Crippen molar-refractivity contribution in [3.8, 4) is 11.5 Å². The lowest BCUT2D eigenvalue weighted by Crippen LogP contribution is -2.34. The summed E-state index contributed by atoms with van der Waals surface area (Å²) < 4.78 is 16.0. The van der Waals surface area contributed by atoms with Gasteiger partial charge in [-0.15, -0.1) is 0 Å². The first-order chi connectivity index (χ1) is 14.4. The zero-order valence-electron chi connectivity index (χ0n) is 17.0. The molecule has 0 aliphatic carbocycles. The van der Waals surface area contributed by atoms with Gasteiger partial charge in [-0.05, 0) is 36.8 Å². The van der Waals surface area contributed by atoms with Crippen molar-refractivity contribution >= 4 is 17.8 Å². The molecule has 1 N–H and O–H groups in total. The number of carbonyl (C=O) groups excluding carboxylic acids is 3. The quantitative estimate of drug-likeness (QED) is 0.696. The van der Waals surface area contributed by atoms with Crippen LogP contribution in [0.5, 0.6) is 11.5 Å². The van der Waals surface area contributed by atoms with Gasteiger partial charge >= 0.3 is 5.97 Å². The van der Waals surface area contributed by atoms with Crippen molar-refractivity contribution in [1.29, 1.82) is 0 Å². The van der Waals surface area contributed by atoms with Crippen molar-refractivity contribution in [3.63, 3.8) is 0 Å². The molecule has 0 spiro atoms. The number of fused-ring (bicyclic) bond motifs is 1. The Morgan fingerprint density at radius 2 is 1.83 bits per heavy atom. The number of hydrogen-bond acceptors (Lipinski definition) is 6. The van der Waals surface area contributed by atoms with E-state index in [0.29, 0.717) is 36.8 Å². The van der Waals surface area contributed by atoms with E-state index in [0.717, 1.165) is 11.1 Å². The second kappa shape index (κ2) is 9.78. The largest absolute Gasteiger partial charge is 0.486 e. The van der Waals surface area contributed by atoms with Gasteiger partial charge in [0.05, 0.1) is 0 Å². The molecule has 0 aromatic heterocycles. The fraction of sp³-hybridized carbons (Fsp3) is 0.318. The van der Waals surface area contributed by atoms with Crippen molar-refractivity contribution < 1.29 is 28.6 Å². The topological polar surface area (TPSA) is 94.2 Å². The van der Waals surface area contributed by atoms with Gasteiger partial charge < -0.3 is 24.4 Å². The van der Waals surface area contributed by atoms with E-state index in [4.69, 9.17) is 14.2 Å². The van der Waals surface area contributed by atoms with Gasteiger partial charge in [0.1, 0.15) is 19.8 Å².